The van der Waals surface area contributed by atoms with Crippen LogP contribution in [-0.4, -0.2) is 39.1 Å². The molecule has 0 radical (unpaired) electrons. The monoisotopic (exact) mass is 411 g/mol. The van der Waals surface area contributed by atoms with Gasteiger partial charge >= 0.3 is 6.18 Å². The van der Waals surface area contributed by atoms with Crippen molar-refractivity contribution < 1.29 is 18.0 Å². The van der Waals surface area contributed by atoms with Gasteiger partial charge in [0.1, 0.15) is 17.7 Å². The number of pyridine rings is 2. The van der Waals surface area contributed by atoms with Gasteiger partial charge in [0, 0.05) is 35.1 Å². The van der Waals surface area contributed by atoms with Crippen molar-refractivity contribution in [2.75, 3.05) is 11.4 Å². The zero-order valence-corrected chi connectivity index (χ0v) is 15.8. The van der Waals surface area contributed by atoms with Crippen LogP contribution in [0.3, 0.4) is 0 Å². The molecule has 0 saturated carbocycles. The third-order valence-corrected chi connectivity index (χ3v) is 4.67. The van der Waals surface area contributed by atoms with Crippen LogP contribution in [0.25, 0.3) is 22.2 Å². The number of aromatic amines is 1. The Kier molecular flexibility index (Phi) is 4.97. The average Bonchev–Trinajstić information content (AvgIpc) is 3.01. The SMILES string of the molecule is CC(C)(C(N)=O)N(CC(F)(F)F)c1cncc(-c2c[nH]c3ncc(Cl)cc23)c1. The lowest BCUT2D eigenvalue weighted by Crippen LogP contribution is -2.56. The first-order chi connectivity index (χ1) is 13.0. The fraction of sp³-hybridized carbons (Fsp3) is 0.278. The zero-order valence-electron chi connectivity index (χ0n) is 15.0. The van der Waals surface area contributed by atoms with Crippen molar-refractivity contribution in [1.82, 2.24) is 15.0 Å². The Morgan fingerprint density at radius 2 is 1.96 bits per heavy atom. The number of alkyl halides is 3. The molecule has 3 aromatic heterocycles. The van der Waals surface area contributed by atoms with Gasteiger partial charge in [-0.3, -0.25) is 9.78 Å². The Labute approximate surface area is 163 Å². The Hall–Kier alpha value is -2.81. The van der Waals surface area contributed by atoms with Gasteiger partial charge in [-0.25, -0.2) is 4.98 Å². The maximum atomic E-state index is 13.2. The summed E-state index contributed by atoms with van der Waals surface area (Å²) in [6.45, 7) is 1.32. The second-order valence-electron chi connectivity index (χ2n) is 6.81. The number of anilines is 1. The van der Waals surface area contributed by atoms with Crippen LogP contribution in [0.4, 0.5) is 18.9 Å². The number of nitrogens with two attached hydrogens (primary N) is 1. The lowest BCUT2D eigenvalue weighted by Gasteiger charge is -2.38. The van der Waals surface area contributed by atoms with E-state index in [9.17, 15) is 18.0 Å². The van der Waals surface area contributed by atoms with Crippen LogP contribution < -0.4 is 10.6 Å². The van der Waals surface area contributed by atoms with Crippen molar-refractivity contribution in [2.24, 2.45) is 5.73 Å². The van der Waals surface area contributed by atoms with Crippen LogP contribution in [0, 0.1) is 0 Å². The number of nitrogens with one attached hydrogen (secondary N) is 1. The first-order valence-electron chi connectivity index (χ1n) is 8.21. The van der Waals surface area contributed by atoms with Crippen LogP contribution in [-0.2, 0) is 4.79 Å². The van der Waals surface area contributed by atoms with E-state index in [0.717, 1.165) is 4.90 Å². The lowest BCUT2D eigenvalue weighted by atomic mass is 10.00. The first-order valence-corrected chi connectivity index (χ1v) is 8.59. The highest BCUT2D eigenvalue weighted by Gasteiger charge is 2.41. The number of aromatic nitrogens is 3. The van der Waals surface area contributed by atoms with Crippen LogP contribution in [0.5, 0.6) is 0 Å². The van der Waals surface area contributed by atoms with E-state index in [1.165, 1.54) is 38.5 Å². The van der Waals surface area contributed by atoms with E-state index in [1.54, 1.807) is 12.3 Å². The molecule has 148 valence electrons. The van der Waals surface area contributed by atoms with E-state index in [0.29, 0.717) is 27.2 Å². The normalized spacial score (nSPS) is 12.4. The molecule has 10 heteroatoms. The van der Waals surface area contributed by atoms with Gasteiger partial charge in [-0.05, 0) is 26.0 Å². The van der Waals surface area contributed by atoms with Crippen molar-refractivity contribution in [3.63, 3.8) is 0 Å². The number of halogens is 4. The fourth-order valence-corrected chi connectivity index (χ4v) is 3.02. The highest BCUT2D eigenvalue weighted by Crippen LogP contribution is 2.34. The van der Waals surface area contributed by atoms with Crippen molar-refractivity contribution in [3.05, 3.63) is 41.9 Å². The summed E-state index contributed by atoms with van der Waals surface area (Å²) in [5.74, 6) is -0.884. The number of amides is 1. The third-order valence-electron chi connectivity index (χ3n) is 4.46. The van der Waals surface area contributed by atoms with E-state index in [2.05, 4.69) is 15.0 Å². The second kappa shape index (κ2) is 6.97. The minimum absolute atomic E-state index is 0.114. The number of primary amides is 1. The van der Waals surface area contributed by atoms with Gasteiger partial charge in [0.15, 0.2) is 0 Å². The number of rotatable bonds is 5. The van der Waals surface area contributed by atoms with Crippen molar-refractivity contribution in [3.8, 4) is 11.1 Å². The molecule has 0 aliphatic carbocycles. The van der Waals surface area contributed by atoms with E-state index < -0.39 is 24.2 Å². The molecule has 0 aliphatic rings. The van der Waals surface area contributed by atoms with Gasteiger partial charge in [0.25, 0.3) is 0 Å². The number of carbonyl (C=O) groups excluding carboxylic acids is 1. The molecule has 1 amide bonds. The summed E-state index contributed by atoms with van der Waals surface area (Å²) in [5.41, 5.74) is 5.68. The molecule has 0 atom stereocenters. The predicted molar refractivity (Wildman–Crippen MR) is 101 cm³/mol. The number of fused-ring (bicyclic) bond motifs is 1. The van der Waals surface area contributed by atoms with Gasteiger partial charge in [-0.2, -0.15) is 13.2 Å². The summed E-state index contributed by atoms with van der Waals surface area (Å²) in [6.07, 6.45) is 1.39. The van der Waals surface area contributed by atoms with Gasteiger partial charge < -0.3 is 15.6 Å². The summed E-state index contributed by atoms with van der Waals surface area (Å²) in [6, 6.07) is 3.22. The summed E-state index contributed by atoms with van der Waals surface area (Å²) >= 11 is 6.01. The fourth-order valence-electron chi connectivity index (χ4n) is 2.86. The van der Waals surface area contributed by atoms with Gasteiger partial charge in [-0.1, -0.05) is 11.6 Å². The molecule has 3 rings (SSSR count). The molecular formula is C18H17ClF3N5O. The van der Waals surface area contributed by atoms with E-state index in [1.807, 2.05) is 0 Å². The number of nitrogens with zero attached hydrogens (tertiary/aromatic N) is 3. The number of hydrogen-bond donors (Lipinski definition) is 2. The van der Waals surface area contributed by atoms with Gasteiger partial charge in [0.2, 0.25) is 5.91 Å². The summed E-state index contributed by atoms with van der Waals surface area (Å²) in [4.78, 5) is 23.9. The van der Waals surface area contributed by atoms with Crippen LogP contribution in [0.15, 0.2) is 36.9 Å². The third kappa shape index (κ3) is 3.89. The van der Waals surface area contributed by atoms with E-state index in [4.69, 9.17) is 17.3 Å². The van der Waals surface area contributed by atoms with Gasteiger partial charge in [0.05, 0.1) is 16.9 Å². The Morgan fingerprint density at radius 3 is 2.61 bits per heavy atom. The number of hydrogen-bond acceptors (Lipinski definition) is 4. The smallest absolute Gasteiger partial charge is 0.368 e. The van der Waals surface area contributed by atoms with Crippen molar-refractivity contribution >= 4 is 34.2 Å². The number of H-pyrrole nitrogens is 1. The van der Waals surface area contributed by atoms with Crippen LogP contribution in [0.1, 0.15) is 13.8 Å². The minimum Gasteiger partial charge on any atom is -0.368 e. The molecule has 6 nitrogen and oxygen atoms in total. The maximum absolute atomic E-state index is 13.2. The highest BCUT2D eigenvalue weighted by molar-refractivity contribution is 6.31. The maximum Gasteiger partial charge on any atom is 0.405 e. The first kappa shape index (κ1) is 19.9. The molecule has 28 heavy (non-hydrogen) atoms. The molecular weight excluding hydrogens is 395 g/mol. The van der Waals surface area contributed by atoms with E-state index >= 15 is 0 Å². The highest BCUT2D eigenvalue weighted by atomic mass is 35.5. The minimum atomic E-state index is -4.54. The number of carbonyl (C=O) groups is 1. The molecule has 3 N–H and O–H groups in total. The molecule has 0 unspecified atom stereocenters. The van der Waals surface area contributed by atoms with Crippen molar-refractivity contribution in [1.29, 1.82) is 0 Å². The van der Waals surface area contributed by atoms with Crippen molar-refractivity contribution in [2.45, 2.75) is 25.6 Å². The lowest BCUT2D eigenvalue weighted by molar-refractivity contribution is -0.129. The van der Waals surface area contributed by atoms with E-state index in [-0.39, 0.29) is 5.69 Å². The van der Waals surface area contributed by atoms with Crippen LogP contribution >= 0.6 is 11.6 Å². The molecule has 3 aromatic rings. The average molecular weight is 412 g/mol. The quantitative estimate of drug-likeness (QED) is 0.666. The van der Waals surface area contributed by atoms with Gasteiger partial charge in [-0.15, -0.1) is 0 Å². The second-order valence-corrected chi connectivity index (χ2v) is 7.24. The zero-order chi connectivity index (χ0) is 20.7. The predicted octanol–water partition coefficient (Wildman–Crippen LogP) is 3.91. The Bertz CT molecular complexity index is 1030. The molecule has 3 heterocycles. The summed E-state index contributed by atoms with van der Waals surface area (Å²) in [7, 11) is 0. The molecule has 0 spiro atoms. The largest absolute Gasteiger partial charge is 0.405 e. The molecule has 0 bridgehead atoms. The van der Waals surface area contributed by atoms with Crippen LogP contribution in [0.2, 0.25) is 5.02 Å². The molecule has 0 aromatic carbocycles. The summed E-state index contributed by atoms with van der Waals surface area (Å²) in [5, 5.41) is 1.12. The molecule has 0 aliphatic heterocycles. The molecule has 0 fully saturated rings. The summed E-state index contributed by atoms with van der Waals surface area (Å²) < 4.78 is 39.5. The molecule has 0 saturated heterocycles. The standard InChI is InChI=1S/C18H17ClF3N5O/c1-17(2,16(23)28)27(9-18(20,21)22)12-3-10(5-24-7-12)14-8-26-15-13(14)4-11(19)6-25-15/h3-8H,9H2,1-2H3,(H2,23,28)(H,25,26). The topological polar surface area (TPSA) is 87.9 Å². The Balaban J connectivity index is 2.11. The Morgan fingerprint density at radius 1 is 1.25 bits per heavy atom.